The van der Waals surface area contributed by atoms with Crippen LogP contribution in [0.1, 0.15) is 21.6 Å². The summed E-state index contributed by atoms with van der Waals surface area (Å²) in [6.07, 6.45) is 0. The number of nitrogens with zero attached hydrogens (tertiary/aromatic N) is 3. The molecule has 2 aromatic heterocycles. The fourth-order valence-electron chi connectivity index (χ4n) is 1.43. The average Bonchev–Trinajstić information content (AvgIpc) is 3.07. The Hall–Kier alpha value is -1.36. The van der Waals surface area contributed by atoms with Gasteiger partial charge in [-0.25, -0.2) is 12.7 Å². The van der Waals surface area contributed by atoms with Crippen LogP contribution in [0.4, 0.5) is 5.13 Å². The molecular formula is C11H14N4O3S3. The molecule has 2 rings (SSSR count). The Morgan fingerprint density at radius 2 is 2.14 bits per heavy atom. The SMILES string of the molecule is CCN(C)S(=O)(=O)c1csc(C(=O)Nc2nnc(C)s2)c1. The summed E-state index contributed by atoms with van der Waals surface area (Å²) in [6.45, 7) is 3.89. The Morgan fingerprint density at radius 3 is 2.71 bits per heavy atom. The molecule has 10 heteroatoms. The van der Waals surface area contributed by atoms with Crippen molar-refractivity contribution in [2.75, 3.05) is 18.9 Å². The van der Waals surface area contributed by atoms with E-state index in [1.54, 1.807) is 13.8 Å². The summed E-state index contributed by atoms with van der Waals surface area (Å²) in [7, 11) is -2.04. The van der Waals surface area contributed by atoms with Crippen molar-refractivity contribution in [2.24, 2.45) is 0 Å². The third-order valence-corrected chi connectivity index (χ3v) is 6.44. The molecule has 2 heterocycles. The zero-order valence-corrected chi connectivity index (χ0v) is 14.1. The lowest BCUT2D eigenvalue weighted by Crippen LogP contribution is -2.26. The van der Waals surface area contributed by atoms with Crippen LogP contribution in [0, 0.1) is 6.92 Å². The van der Waals surface area contributed by atoms with Gasteiger partial charge in [-0.15, -0.1) is 21.5 Å². The number of rotatable bonds is 5. The van der Waals surface area contributed by atoms with Crippen LogP contribution in [0.15, 0.2) is 16.3 Å². The van der Waals surface area contributed by atoms with E-state index in [9.17, 15) is 13.2 Å². The fourth-order valence-corrected chi connectivity index (χ4v) is 4.35. The van der Waals surface area contributed by atoms with Gasteiger partial charge >= 0.3 is 0 Å². The van der Waals surface area contributed by atoms with E-state index in [0.717, 1.165) is 16.3 Å². The number of hydrogen-bond acceptors (Lipinski definition) is 7. The number of anilines is 1. The van der Waals surface area contributed by atoms with E-state index in [2.05, 4.69) is 15.5 Å². The van der Waals surface area contributed by atoms with Gasteiger partial charge in [0.05, 0.1) is 9.77 Å². The third kappa shape index (κ3) is 3.46. The number of carbonyl (C=O) groups is 1. The lowest BCUT2D eigenvalue weighted by atomic mass is 10.4. The molecule has 0 aromatic carbocycles. The Balaban J connectivity index is 2.18. The van der Waals surface area contributed by atoms with Gasteiger partial charge in [-0.1, -0.05) is 18.3 Å². The van der Waals surface area contributed by atoms with Gasteiger partial charge < -0.3 is 0 Å². The first-order chi connectivity index (χ1) is 9.84. The largest absolute Gasteiger partial charge is 0.296 e. The van der Waals surface area contributed by atoms with Crippen LogP contribution in [0.5, 0.6) is 0 Å². The first kappa shape index (κ1) is 16.0. The number of nitrogens with one attached hydrogen (secondary N) is 1. The Bertz CT molecular complexity index is 750. The molecule has 0 saturated carbocycles. The lowest BCUT2D eigenvalue weighted by molar-refractivity contribution is 0.103. The van der Waals surface area contributed by atoms with Crippen molar-refractivity contribution in [1.82, 2.24) is 14.5 Å². The van der Waals surface area contributed by atoms with E-state index in [1.165, 1.54) is 34.1 Å². The highest BCUT2D eigenvalue weighted by molar-refractivity contribution is 7.89. The molecule has 0 atom stereocenters. The van der Waals surface area contributed by atoms with Gasteiger partial charge in [0.1, 0.15) is 5.01 Å². The van der Waals surface area contributed by atoms with E-state index < -0.39 is 15.9 Å². The van der Waals surface area contributed by atoms with Gasteiger partial charge in [-0.3, -0.25) is 10.1 Å². The van der Waals surface area contributed by atoms with Crippen LogP contribution in [0.2, 0.25) is 0 Å². The van der Waals surface area contributed by atoms with Gasteiger partial charge in [0.25, 0.3) is 5.91 Å². The van der Waals surface area contributed by atoms with Crippen LogP contribution >= 0.6 is 22.7 Å². The van der Waals surface area contributed by atoms with Crippen molar-refractivity contribution in [1.29, 1.82) is 0 Å². The van der Waals surface area contributed by atoms with E-state index in [0.29, 0.717) is 16.6 Å². The summed E-state index contributed by atoms with van der Waals surface area (Å²) in [5.41, 5.74) is 0. The smallest absolute Gasteiger partial charge is 0.267 e. The molecule has 0 unspecified atom stereocenters. The number of thiophene rings is 1. The summed E-state index contributed by atoms with van der Waals surface area (Å²) in [5, 5.41) is 12.8. The van der Waals surface area contributed by atoms with Crippen molar-refractivity contribution in [3.05, 3.63) is 21.3 Å². The predicted octanol–water partition coefficient (Wildman–Crippen LogP) is 1.80. The van der Waals surface area contributed by atoms with Gasteiger partial charge in [0.2, 0.25) is 15.2 Å². The van der Waals surface area contributed by atoms with Crippen LogP contribution in [0.25, 0.3) is 0 Å². The number of aromatic nitrogens is 2. The highest BCUT2D eigenvalue weighted by Crippen LogP contribution is 2.23. The van der Waals surface area contributed by atoms with Crippen LogP contribution < -0.4 is 5.32 Å². The van der Waals surface area contributed by atoms with Crippen molar-refractivity contribution in [2.45, 2.75) is 18.7 Å². The highest BCUT2D eigenvalue weighted by atomic mass is 32.2. The molecule has 0 aliphatic rings. The van der Waals surface area contributed by atoms with Gasteiger partial charge in [-0.05, 0) is 13.0 Å². The quantitative estimate of drug-likeness (QED) is 0.891. The minimum absolute atomic E-state index is 0.121. The first-order valence-corrected chi connectivity index (χ1v) is 9.14. The molecular weight excluding hydrogens is 332 g/mol. The van der Waals surface area contributed by atoms with Crippen molar-refractivity contribution in [3.63, 3.8) is 0 Å². The Kier molecular flexibility index (Phi) is 4.71. The molecule has 0 bridgehead atoms. The zero-order chi connectivity index (χ0) is 15.6. The van der Waals surface area contributed by atoms with Gasteiger partial charge in [0.15, 0.2) is 0 Å². The summed E-state index contributed by atoms with van der Waals surface area (Å²) >= 11 is 2.33. The normalized spacial score (nSPS) is 11.8. The van der Waals surface area contributed by atoms with E-state index in [1.807, 2.05) is 0 Å². The number of carbonyl (C=O) groups excluding carboxylic acids is 1. The standard InChI is InChI=1S/C11H14N4O3S3/c1-4-15(3)21(17,18)8-5-9(19-6-8)10(16)12-11-14-13-7(2)20-11/h5-6H,4H2,1-3H3,(H,12,14,16). The predicted molar refractivity (Wildman–Crippen MR) is 82.4 cm³/mol. The molecule has 0 aliphatic heterocycles. The van der Waals surface area contributed by atoms with Crippen LogP contribution in [0.3, 0.4) is 0 Å². The number of hydrogen-bond donors (Lipinski definition) is 1. The molecule has 7 nitrogen and oxygen atoms in total. The molecule has 1 amide bonds. The number of sulfonamides is 1. The molecule has 114 valence electrons. The topological polar surface area (TPSA) is 92.3 Å². The Morgan fingerprint density at radius 1 is 1.43 bits per heavy atom. The molecule has 2 aromatic rings. The van der Waals surface area contributed by atoms with Crippen molar-refractivity contribution in [3.8, 4) is 0 Å². The fraction of sp³-hybridized carbons (Fsp3) is 0.364. The van der Waals surface area contributed by atoms with E-state index >= 15 is 0 Å². The second-order valence-corrected chi connectivity index (χ2v) is 8.28. The second kappa shape index (κ2) is 6.18. The van der Waals surface area contributed by atoms with Crippen LogP contribution in [-0.2, 0) is 10.0 Å². The average molecular weight is 346 g/mol. The minimum atomic E-state index is -3.53. The minimum Gasteiger partial charge on any atom is -0.296 e. The number of aryl methyl sites for hydroxylation is 1. The summed E-state index contributed by atoms with van der Waals surface area (Å²) < 4.78 is 25.5. The second-order valence-electron chi connectivity index (χ2n) is 4.15. The maximum atomic E-state index is 12.1. The van der Waals surface area contributed by atoms with Gasteiger partial charge in [-0.2, -0.15) is 0 Å². The zero-order valence-electron chi connectivity index (χ0n) is 11.7. The van der Waals surface area contributed by atoms with Crippen LogP contribution in [-0.4, -0.2) is 42.4 Å². The molecule has 0 saturated heterocycles. The first-order valence-electron chi connectivity index (χ1n) is 6.01. The summed E-state index contributed by atoms with van der Waals surface area (Å²) in [6, 6.07) is 1.37. The molecule has 1 N–H and O–H groups in total. The monoisotopic (exact) mass is 346 g/mol. The van der Waals surface area contributed by atoms with Crippen molar-refractivity contribution >= 4 is 43.7 Å². The molecule has 0 aliphatic carbocycles. The molecule has 0 fully saturated rings. The van der Waals surface area contributed by atoms with Crippen molar-refractivity contribution < 1.29 is 13.2 Å². The molecule has 0 radical (unpaired) electrons. The molecule has 0 spiro atoms. The molecule has 21 heavy (non-hydrogen) atoms. The van der Waals surface area contributed by atoms with E-state index in [-0.39, 0.29) is 4.90 Å². The summed E-state index contributed by atoms with van der Waals surface area (Å²) in [5.74, 6) is -0.392. The third-order valence-electron chi connectivity index (χ3n) is 2.70. The lowest BCUT2D eigenvalue weighted by Gasteiger charge is -2.12. The summed E-state index contributed by atoms with van der Waals surface area (Å²) in [4.78, 5) is 12.5. The number of amides is 1. The van der Waals surface area contributed by atoms with E-state index in [4.69, 9.17) is 0 Å². The van der Waals surface area contributed by atoms with Gasteiger partial charge in [0, 0.05) is 19.0 Å². The highest BCUT2D eigenvalue weighted by Gasteiger charge is 2.22. The Labute approximate surface area is 130 Å². The maximum absolute atomic E-state index is 12.1. The maximum Gasteiger partial charge on any atom is 0.267 e.